The molecule has 0 bridgehead atoms. The lowest BCUT2D eigenvalue weighted by molar-refractivity contribution is 0.597. The lowest BCUT2D eigenvalue weighted by Gasteiger charge is -2.01. The summed E-state index contributed by atoms with van der Waals surface area (Å²) in [5, 5.41) is 3.25. The van der Waals surface area contributed by atoms with Crippen LogP contribution < -0.4 is 16.8 Å². The maximum atomic E-state index is 5.18. The van der Waals surface area contributed by atoms with Crippen molar-refractivity contribution in [3.63, 3.8) is 0 Å². The minimum atomic E-state index is 0.201. The largest absolute Gasteiger partial charge is 0.370 e. The maximum Gasteiger partial charge on any atom is 0.185 e. The van der Waals surface area contributed by atoms with E-state index in [1.165, 1.54) is 6.42 Å². The quantitative estimate of drug-likeness (QED) is 0.337. The van der Waals surface area contributed by atoms with E-state index < -0.39 is 0 Å². The van der Waals surface area contributed by atoms with E-state index in [0.717, 1.165) is 19.6 Å². The van der Waals surface area contributed by atoms with E-state index in [0.29, 0.717) is 5.92 Å². The van der Waals surface area contributed by atoms with Crippen LogP contribution in [-0.2, 0) is 0 Å². The highest BCUT2D eigenvalue weighted by Gasteiger charge is 2.12. The minimum Gasteiger partial charge on any atom is -0.370 e. The summed E-state index contributed by atoms with van der Waals surface area (Å²) in [7, 11) is 0. The van der Waals surface area contributed by atoms with Gasteiger partial charge in [-0.25, -0.2) is 0 Å². The van der Waals surface area contributed by atoms with Crippen molar-refractivity contribution in [3.8, 4) is 0 Å². The third-order valence-corrected chi connectivity index (χ3v) is 1.69. The first-order valence-electron chi connectivity index (χ1n) is 3.55. The molecular formula is C6H14N4. The normalized spacial score (nSPS) is 24.6. The van der Waals surface area contributed by atoms with E-state index in [9.17, 15) is 0 Å². The van der Waals surface area contributed by atoms with Crippen molar-refractivity contribution in [1.82, 2.24) is 5.32 Å². The molecule has 0 amide bonds. The van der Waals surface area contributed by atoms with Gasteiger partial charge in [0, 0.05) is 6.54 Å². The Morgan fingerprint density at radius 1 is 1.60 bits per heavy atom. The van der Waals surface area contributed by atoms with Crippen molar-refractivity contribution in [3.05, 3.63) is 0 Å². The van der Waals surface area contributed by atoms with Crippen LogP contribution in [0, 0.1) is 5.92 Å². The highest BCUT2D eigenvalue weighted by molar-refractivity contribution is 5.75. The Balaban J connectivity index is 2.18. The molecule has 1 fully saturated rings. The van der Waals surface area contributed by atoms with Gasteiger partial charge in [-0.3, -0.25) is 4.99 Å². The Morgan fingerprint density at radius 3 is 2.90 bits per heavy atom. The molecule has 4 nitrogen and oxygen atoms in total. The summed E-state index contributed by atoms with van der Waals surface area (Å²) in [6.45, 7) is 2.93. The van der Waals surface area contributed by atoms with Gasteiger partial charge < -0.3 is 16.8 Å². The fourth-order valence-corrected chi connectivity index (χ4v) is 1.10. The number of nitrogens with two attached hydrogens (primary N) is 2. The molecule has 0 aromatic heterocycles. The van der Waals surface area contributed by atoms with E-state index in [2.05, 4.69) is 10.3 Å². The number of rotatable bonds is 2. The molecule has 0 aromatic carbocycles. The number of guanidine groups is 1. The third kappa shape index (κ3) is 2.23. The molecule has 0 saturated carbocycles. The number of nitrogens with one attached hydrogen (secondary N) is 1. The van der Waals surface area contributed by atoms with Gasteiger partial charge in [0.2, 0.25) is 0 Å². The topological polar surface area (TPSA) is 76.4 Å². The van der Waals surface area contributed by atoms with Crippen LogP contribution in [0.15, 0.2) is 4.99 Å². The van der Waals surface area contributed by atoms with Crippen LogP contribution in [0.3, 0.4) is 0 Å². The first kappa shape index (κ1) is 7.34. The molecule has 1 heterocycles. The molecule has 1 rings (SSSR count). The Hall–Kier alpha value is -0.770. The summed E-state index contributed by atoms with van der Waals surface area (Å²) in [6.07, 6.45) is 1.19. The molecule has 4 heteroatoms. The van der Waals surface area contributed by atoms with Crippen LogP contribution >= 0.6 is 0 Å². The van der Waals surface area contributed by atoms with Gasteiger partial charge in [-0.05, 0) is 25.4 Å². The van der Waals surface area contributed by atoms with Gasteiger partial charge in [0.25, 0.3) is 0 Å². The van der Waals surface area contributed by atoms with Crippen molar-refractivity contribution in [1.29, 1.82) is 0 Å². The molecular weight excluding hydrogens is 128 g/mol. The molecule has 0 unspecified atom stereocenters. The third-order valence-electron chi connectivity index (χ3n) is 1.69. The highest BCUT2D eigenvalue weighted by Crippen LogP contribution is 2.06. The van der Waals surface area contributed by atoms with Crippen molar-refractivity contribution in [2.45, 2.75) is 6.42 Å². The van der Waals surface area contributed by atoms with Crippen molar-refractivity contribution < 1.29 is 0 Å². The molecule has 0 radical (unpaired) electrons. The molecule has 0 spiro atoms. The fraction of sp³-hybridized carbons (Fsp3) is 0.833. The Kier molecular flexibility index (Phi) is 2.50. The van der Waals surface area contributed by atoms with Gasteiger partial charge in [0.05, 0.1) is 0 Å². The van der Waals surface area contributed by atoms with Crippen molar-refractivity contribution >= 4 is 5.96 Å². The van der Waals surface area contributed by atoms with Gasteiger partial charge in [-0.2, -0.15) is 0 Å². The van der Waals surface area contributed by atoms with Gasteiger partial charge in [0.15, 0.2) is 5.96 Å². The van der Waals surface area contributed by atoms with E-state index >= 15 is 0 Å². The Bertz CT molecular complexity index is 122. The van der Waals surface area contributed by atoms with Crippen molar-refractivity contribution in [2.24, 2.45) is 22.4 Å². The fourth-order valence-electron chi connectivity index (χ4n) is 1.10. The maximum absolute atomic E-state index is 5.18. The SMILES string of the molecule is NC(N)=NC[C@H]1CCNC1. The average Bonchev–Trinajstić information content (AvgIpc) is 2.34. The van der Waals surface area contributed by atoms with E-state index in [4.69, 9.17) is 11.5 Å². The van der Waals surface area contributed by atoms with E-state index in [1.54, 1.807) is 0 Å². The van der Waals surface area contributed by atoms with Gasteiger partial charge in [-0.1, -0.05) is 0 Å². The molecule has 1 saturated heterocycles. The van der Waals surface area contributed by atoms with Crippen LogP contribution in [0.25, 0.3) is 0 Å². The van der Waals surface area contributed by atoms with Crippen molar-refractivity contribution in [2.75, 3.05) is 19.6 Å². The molecule has 10 heavy (non-hydrogen) atoms. The lowest BCUT2D eigenvalue weighted by atomic mass is 10.1. The second-order valence-corrected chi connectivity index (χ2v) is 2.62. The Labute approximate surface area is 60.7 Å². The first-order valence-corrected chi connectivity index (χ1v) is 3.55. The standard InChI is InChI=1S/C6H14N4/c7-6(8)10-4-5-1-2-9-3-5/h5,9H,1-4H2,(H4,7,8,10)/t5-/m0/s1. The number of aliphatic imine (C=N–C) groups is 1. The summed E-state index contributed by atoms with van der Waals surface area (Å²) in [4.78, 5) is 3.94. The predicted octanol–water partition coefficient (Wildman–Crippen LogP) is -1.13. The molecule has 1 atom stereocenters. The molecule has 1 aliphatic rings. The molecule has 0 aromatic rings. The lowest BCUT2D eigenvalue weighted by Crippen LogP contribution is -2.24. The monoisotopic (exact) mass is 142 g/mol. The molecule has 5 N–H and O–H groups in total. The number of hydrogen-bond donors (Lipinski definition) is 3. The number of hydrogen-bond acceptors (Lipinski definition) is 2. The summed E-state index contributed by atoms with van der Waals surface area (Å²) in [5.74, 6) is 0.842. The minimum absolute atomic E-state index is 0.201. The average molecular weight is 142 g/mol. The van der Waals surface area contributed by atoms with E-state index in [1.807, 2.05) is 0 Å². The van der Waals surface area contributed by atoms with Crippen LogP contribution in [-0.4, -0.2) is 25.6 Å². The zero-order valence-electron chi connectivity index (χ0n) is 6.01. The summed E-state index contributed by atoms with van der Waals surface area (Å²) >= 11 is 0. The van der Waals surface area contributed by atoms with Gasteiger partial charge >= 0.3 is 0 Å². The zero-order chi connectivity index (χ0) is 7.40. The van der Waals surface area contributed by atoms with Crippen LogP contribution in [0.2, 0.25) is 0 Å². The molecule has 1 aliphatic heterocycles. The van der Waals surface area contributed by atoms with Gasteiger partial charge in [-0.15, -0.1) is 0 Å². The summed E-state index contributed by atoms with van der Waals surface area (Å²) in [5.41, 5.74) is 10.4. The summed E-state index contributed by atoms with van der Waals surface area (Å²) in [6, 6.07) is 0. The van der Waals surface area contributed by atoms with E-state index in [-0.39, 0.29) is 5.96 Å². The molecule has 0 aliphatic carbocycles. The second-order valence-electron chi connectivity index (χ2n) is 2.62. The second kappa shape index (κ2) is 3.41. The first-order chi connectivity index (χ1) is 4.79. The molecule has 58 valence electrons. The van der Waals surface area contributed by atoms with Crippen LogP contribution in [0.1, 0.15) is 6.42 Å². The zero-order valence-corrected chi connectivity index (χ0v) is 6.01. The van der Waals surface area contributed by atoms with Gasteiger partial charge in [0.1, 0.15) is 0 Å². The number of nitrogens with zero attached hydrogens (tertiary/aromatic N) is 1. The van der Waals surface area contributed by atoms with Crippen LogP contribution in [0.5, 0.6) is 0 Å². The Morgan fingerprint density at radius 2 is 2.40 bits per heavy atom. The summed E-state index contributed by atoms with van der Waals surface area (Å²) < 4.78 is 0. The predicted molar refractivity (Wildman–Crippen MR) is 41.7 cm³/mol. The highest BCUT2D eigenvalue weighted by atomic mass is 15.0. The van der Waals surface area contributed by atoms with Crippen LogP contribution in [0.4, 0.5) is 0 Å². The smallest absolute Gasteiger partial charge is 0.185 e.